The van der Waals surface area contributed by atoms with Crippen LogP contribution in [0.2, 0.25) is 0 Å². The van der Waals surface area contributed by atoms with Crippen molar-refractivity contribution in [3.63, 3.8) is 0 Å². The average molecular weight is 344 g/mol. The molecule has 0 saturated heterocycles. The van der Waals surface area contributed by atoms with Gasteiger partial charge in [0.05, 0.1) is 5.69 Å². The highest BCUT2D eigenvalue weighted by Crippen LogP contribution is 2.10. The average Bonchev–Trinajstić information content (AvgIpc) is 2.54. The van der Waals surface area contributed by atoms with E-state index in [1.54, 1.807) is 4.57 Å². The zero-order valence-electron chi connectivity index (χ0n) is 9.95. The molecule has 2 rings (SSSR count). The SMILES string of the molecule is Cc1nc(Cn2cc(I)cc(C)c2=O)oc1C. The first-order valence-electron chi connectivity index (χ1n) is 5.27. The molecule has 0 fully saturated rings. The van der Waals surface area contributed by atoms with E-state index < -0.39 is 0 Å². The number of halogens is 1. The highest BCUT2D eigenvalue weighted by Gasteiger charge is 2.08. The third-order valence-electron chi connectivity index (χ3n) is 2.61. The molecule has 0 radical (unpaired) electrons. The summed E-state index contributed by atoms with van der Waals surface area (Å²) in [5.41, 5.74) is 1.60. The molecule has 5 heteroatoms. The summed E-state index contributed by atoms with van der Waals surface area (Å²) in [6, 6.07) is 1.87. The van der Waals surface area contributed by atoms with Gasteiger partial charge >= 0.3 is 0 Å². The lowest BCUT2D eigenvalue weighted by atomic mass is 10.3. The smallest absolute Gasteiger partial charge is 0.253 e. The molecule has 4 nitrogen and oxygen atoms in total. The number of aryl methyl sites for hydroxylation is 3. The Hall–Kier alpha value is -1.11. The fourth-order valence-electron chi connectivity index (χ4n) is 1.61. The van der Waals surface area contributed by atoms with Crippen LogP contribution in [0, 0.1) is 24.3 Å². The summed E-state index contributed by atoms with van der Waals surface area (Å²) in [6.07, 6.45) is 1.81. The molecule has 0 aliphatic carbocycles. The second-order valence-corrected chi connectivity index (χ2v) is 5.27. The zero-order valence-corrected chi connectivity index (χ0v) is 12.1. The van der Waals surface area contributed by atoms with Crippen molar-refractivity contribution in [1.82, 2.24) is 9.55 Å². The molecule has 0 bridgehead atoms. The third kappa shape index (κ3) is 2.59. The number of nitrogens with zero attached hydrogens (tertiary/aromatic N) is 2. The van der Waals surface area contributed by atoms with Gasteiger partial charge in [-0.3, -0.25) is 4.79 Å². The lowest BCUT2D eigenvalue weighted by molar-refractivity contribution is 0.453. The van der Waals surface area contributed by atoms with Crippen LogP contribution in [0.5, 0.6) is 0 Å². The number of aromatic nitrogens is 2. The molecule has 2 aromatic heterocycles. The van der Waals surface area contributed by atoms with Gasteiger partial charge in [0.2, 0.25) is 5.89 Å². The van der Waals surface area contributed by atoms with Crippen LogP contribution >= 0.6 is 22.6 Å². The Morgan fingerprint density at radius 2 is 2.12 bits per heavy atom. The largest absolute Gasteiger partial charge is 0.444 e. The highest BCUT2D eigenvalue weighted by atomic mass is 127. The minimum atomic E-state index is -0.000998. The minimum Gasteiger partial charge on any atom is -0.444 e. The van der Waals surface area contributed by atoms with Gasteiger partial charge in [0.1, 0.15) is 12.3 Å². The van der Waals surface area contributed by atoms with E-state index in [-0.39, 0.29) is 5.56 Å². The van der Waals surface area contributed by atoms with Gasteiger partial charge in [0.25, 0.3) is 5.56 Å². The summed E-state index contributed by atoms with van der Waals surface area (Å²) >= 11 is 2.19. The topological polar surface area (TPSA) is 48.0 Å². The second kappa shape index (κ2) is 4.64. The Labute approximate surface area is 113 Å². The molecule has 0 atom stereocenters. The lowest BCUT2D eigenvalue weighted by Crippen LogP contribution is -2.22. The van der Waals surface area contributed by atoms with Crippen molar-refractivity contribution < 1.29 is 4.42 Å². The number of hydrogen-bond acceptors (Lipinski definition) is 3. The molecule has 0 amide bonds. The number of pyridine rings is 1. The molecule has 0 N–H and O–H groups in total. The van der Waals surface area contributed by atoms with Gasteiger partial charge in [-0.1, -0.05) is 0 Å². The summed E-state index contributed by atoms with van der Waals surface area (Å²) in [4.78, 5) is 16.2. The Kier molecular flexibility index (Phi) is 3.37. The maximum Gasteiger partial charge on any atom is 0.253 e. The van der Waals surface area contributed by atoms with Crippen LogP contribution in [0.1, 0.15) is 22.9 Å². The van der Waals surface area contributed by atoms with Crippen molar-refractivity contribution in [3.05, 3.63) is 49.1 Å². The Bertz CT molecular complexity index is 594. The molecule has 90 valence electrons. The molecule has 0 unspecified atom stereocenters. The summed E-state index contributed by atoms with van der Waals surface area (Å²) < 4.78 is 8.13. The summed E-state index contributed by atoms with van der Waals surface area (Å²) in [5, 5.41) is 0. The quantitative estimate of drug-likeness (QED) is 0.787. The monoisotopic (exact) mass is 344 g/mol. The van der Waals surface area contributed by atoms with Gasteiger partial charge in [-0.2, -0.15) is 0 Å². The van der Waals surface area contributed by atoms with Gasteiger partial charge in [0, 0.05) is 15.3 Å². The van der Waals surface area contributed by atoms with Gasteiger partial charge < -0.3 is 8.98 Å². The van der Waals surface area contributed by atoms with Gasteiger partial charge in [-0.25, -0.2) is 4.98 Å². The summed E-state index contributed by atoms with van der Waals surface area (Å²) in [6.45, 7) is 5.96. The predicted octanol–water partition coefficient (Wildman–Crippen LogP) is 2.41. The van der Waals surface area contributed by atoms with E-state index in [0.717, 1.165) is 20.6 Å². The number of rotatable bonds is 2. The van der Waals surface area contributed by atoms with E-state index in [0.29, 0.717) is 12.4 Å². The van der Waals surface area contributed by atoms with Crippen molar-refractivity contribution in [2.75, 3.05) is 0 Å². The highest BCUT2D eigenvalue weighted by molar-refractivity contribution is 14.1. The van der Waals surface area contributed by atoms with E-state index in [1.165, 1.54) is 0 Å². The molecular formula is C12H13IN2O2. The van der Waals surface area contributed by atoms with Crippen LogP contribution in [0.15, 0.2) is 21.5 Å². The predicted molar refractivity (Wildman–Crippen MR) is 73.2 cm³/mol. The van der Waals surface area contributed by atoms with Crippen LogP contribution in [-0.2, 0) is 6.54 Å². The molecule has 2 aromatic rings. The van der Waals surface area contributed by atoms with E-state index >= 15 is 0 Å². The first-order chi connectivity index (χ1) is 7.97. The van der Waals surface area contributed by atoms with Crippen LogP contribution in [0.3, 0.4) is 0 Å². The van der Waals surface area contributed by atoms with Crippen molar-refractivity contribution in [1.29, 1.82) is 0 Å². The molecule has 2 heterocycles. The molecule has 0 saturated carbocycles. The molecule has 0 spiro atoms. The zero-order chi connectivity index (χ0) is 12.6. The minimum absolute atomic E-state index is 0.000998. The van der Waals surface area contributed by atoms with E-state index in [4.69, 9.17) is 4.42 Å². The van der Waals surface area contributed by atoms with Gasteiger partial charge in [-0.15, -0.1) is 0 Å². The van der Waals surface area contributed by atoms with E-state index in [9.17, 15) is 4.79 Å². The molecule has 0 aliphatic heterocycles. The molecular weight excluding hydrogens is 331 g/mol. The second-order valence-electron chi connectivity index (χ2n) is 4.02. The van der Waals surface area contributed by atoms with Gasteiger partial charge in [0.15, 0.2) is 0 Å². The van der Waals surface area contributed by atoms with E-state index in [1.807, 2.05) is 33.0 Å². The molecule has 17 heavy (non-hydrogen) atoms. The fourth-order valence-corrected chi connectivity index (χ4v) is 2.41. The van der Waals surface area contributed by atoms with Crippen LogP contribution < -0.4 is 5.56 Å². The van der Waals surface area contributed by atoms with Crippen molar-refractivity contribution in [3.8, 4) is 0 Å². The first-order valence-corrected chi connectivity index (χ1v) is 6.34. The van der Waals surface area contributed by atoms with Crippen molar-refractivity contribution in [2.45, 2.75) is 27.3 Å². The summed E-state index contributed by atoms with van der Waals surface area (Å²) in [7, 11) is 0. The lowest BCUT2D eigenvalue weighted by Gasteiger charge is -2.04. The Morgan fingerprint density at radius 1 is 1.41 bits per heavy atom. The number of hydrogen-bond donors (Lipinski definition) is 0. The van der Waals surface area contributed by atoms with Gasteiger partial charge in [-0.05, 0) is 49.4 Å². The third-order valence-corrected chi connectivity index (χ3v) is 3.20. The molecule has 0 aromatic carbocycles. The number of oxazole rings is 1. The summed E-state index contributed by atoms with van der Waals surface area (Å²) in [5.74, 6) is 1.37. The first kappa shape index (κ1) is 12.3. The fraction of sp³-hybridized carbons (Fsp3) is 0.333. The van der Waals surface area contributed by atoms with Crippen molar-refractivity contribution in [2.24, 2.45) is 0 Å². The Morgan fingerprint density at radius 3 is 2.71 bits per heavy atom. The van der Waals surface area contributed by atoms with E-state index in [2.05, 4.69) is 27.6 Å². The Balaban J connectivity index is 2.39. The van der Waals surface area contributed by atoms with Crippen LogP contribution in [-0.4, -0.2) is 9.55 Å². The van der Waals surface area contributed by atoms with Crippen molar-refractivity contribution >= 4 is 22.6 Å². The maximum absolute atomic E-state index is 11.9. The normalized spacial score (nSPS) is 10.8. The van der Waals surface area contributed by atoms with Crippen LogP contribution in [0.25, 0.3) is 0 Å². The maximum atomic E-state index is 11.9. The standard InChI is InChI=1S/C12H13IN2O2/c1-7-4-10(13)5-15(12(7)16)6-11-14-8(2)9(3)17-11/h4-5H,6H2,1-3H3. The molecule has 0 aliphatic rings. The van der Waals surface area contributed by atoms with Crippen LogP contribution in [0.4, 0.5) is 0 Å².